The van der Waals surface area contributed by atoms with Crippen molar-refractivity contribution < 1.29 is 54.8 Å². The van der Waals surface area contributed by atoms with Crippen LogP contribution in [0.15, 0.2) is 30.3 Å². The number of phenols is 3. The van der Waals surface area contributed by atoms with E-state index < -0.39 is 54.9 Å². The molecule has 1 saturated heterocycles. The Hall–Kier alpha value is -3.09. The molecular weight excluding hydrogens is 428 g/mol. The van der Waals surface area contributed by atoms with Crippen LogP contribution in [0.5, 0.6) is 28.7 Å². The average molecular weight is 450 g/mol. The molecule has 2 aromatic carbocycles. The van der Waals surface area contributed by atoms with Gasteiger partial charge in [-0.3, -0.25) is 4.79 Å². The Balaban J connectivity index is 1.60. The van der Waals surface area contributed by atoms with Gasteiger partial charge in [0.05, 0.1) is 13.0 Å². The summed E-state index contributed by atoms with van der Waals surface area (Å²) in [5, 5.41) is 68.8. The summed E-state index contributed by atoms with van der Waals surface area (Å²) in [6.45, 7) is -0.640. The summed E-state index contributed by atoms with van der Waals surface area (Å²) in [6.07, 6.45) is -8.50. The first kappa shape index (κ1) is 22.1. The van der Waals surface area contributed by atoms with Crippen molar-refractivity contribution in [3.05, 3.63) is 41.5 Å². The number of hydrogen-bond acceptors (Lipinski definition) is 11. The molecule has 3 unspecified atom stereocenters. The number of carbonyl (C=O) groups excluding carboxylic acids is 1. The Bertz CT molecular complexity index is 1020. The lowest BCUT2D eigenvalue weighted by atomic mass is 9.95. The first-order valence-electron chi connectivity index (χ1n) is 9.75. The topological polar surface area (TPSA) is 186 Å². The minimum absolute atomic E-state index is 0.0293. The maximum Gasteiger partial charge on any atom is 0.229 e. The van der Waals surface area contributed by atoms with E-state index in [0.29, 0.717) is 5.56 Å². The number of hydrogen-bond donors (Lipinski definition) is 7. The number of phenolic OH excluding ortho intramolecular Hbond substituents is 3. The second-order valence-corrected chi connectivity index (χ2v) is 7.61. The van der Waals surface area contributed by atoms with E-state index in [1.165, 1.54) is 24.3 Å². The van der Waals surface area contributed by atoms with E-state index in [-0.39, 0.29) is 35.0 Å². The summed E-state index contributed by atoms with van der Waals surface area (Å²) in [5.74, 6) is -1.69. The maximum absolute atomic E-state index is 12.6. The predicted octanol–water partition coefficient (Wildman–Crippen LogP) is -0.311. The normalized spacial score (nSPS) is 29.8. The highest BCUT2D eigenvalue weighted by Gasteiger charge is 2.45. The minimum atomic E-state index is -1.67. The van der Waals surface area contributed by atoms with Gasteiger partial charge < -0.3 is 50.0 Å². The third-order valence-corrected chi connectivity index (χ3v) is 5.45. The quantitative estimate of drug-likeness (QED) is 0.303. The number of ketones is 1. The maximum atomic E-state index is 12.6. The zero-order valence-electron chi connectivity index (χ0n) is 16.5. The Morgan fingerprint density at radius 1 is 0.938 bits per heavy atom. The van der Waals surface area contributed by atoms with Gasteiger partial charge in [0, 0.05) is 12.1 Å². The van der Waals surface area contributed by atoms with Crippen molar-refractivity contribution in [1.82, 2.24) is 0 Å². The molecule has 0 aromatic heterocycles. The molecular formula is C21H22O11. The predicted molar refractivity (Wildman–Crippen MR) is 105 cm³/mol. The van der Waals surface area contributed by atoms with Gasteiger partial charge in [0.2, 0.25) is 6.29 Å². The van der Waals surface area contributed by atoms with Crippen LogP contribution in [0.1, 0.15) is 28.4 Å². The Morgan fingerprint density at radius 3 is 2.38 bits per heavy atom. The van der Waals surface area contributed by atoms with Crippen LogP contribution >= 0.6 is 0 Å². The lowest BCUT2D eigenvalue weighted by Crippen LogP contribution is -2.60. The van der Waals surface area contributed by atoms with Crippen molar-refractivity contribution in [2.45, 2.75) is 43.2 Å². The molecule has 0 amide bonds. The third-order valence-electron chi connectivity index (χ3n) is 5.45. The smallest absolute Gasteiger partial charge is 0.229 e. The monoisotopic (exact) mass is 450 g/mol. The van der Waals surface area contributed by atoms with E-state index in [1.54, 1.807) is 0 Å². The molecule has 2 aliphatic heterocycles. The molecule has 0 radical (unpaired) electrons. The van der Waals surface area contributed by atoms with Gasteiger partial charge >= 0.3 is 0 Å². The second kappa shape index (κ2) is 8.45. The minimum Gasteiger partial charge on any atom is -0.507 e. The summed E-state index contributed by atoms with van der Waals surface area (Å²) in [7, 11) is 0. The molecule has 0 saturated carbocycles. The van der Waals surface area contributed by atoms with Gasteiger partial charge in [-0.1, -0.05) is 6.07 Å². The number of carbonyl (C=O) groups is 1. The highest BCUT2D eigenvalue weighted by Crippen LogP contribution is 2.43. The number of aliphatic hydroxyl groups excluding tert-OH is 4. The number of aliphatic hydroxyl groups is 4. The van der Waals surface area contributed by atoms with Crippen molar-refractivity contribution in [3.63, 3.8) is 0 Å². The standard InChI is InChI=1S/C21H22O11/c22-7-16-18(27)19(28)20(29)21(32-16)30-9-4-12(25)17-13(26)6-14(31-15(17)5-9)8-1-2-10(23)11(24)3-8/h1-5,14,16,18-25,27-29H,6-7H2/t14?,16?,18-,19-,20?,21+/m0/s1. The van der Waals surface area contributed by atoms with E-state index in [9.17, 15) is 40.5 Å². The largest absolute Gasteiger partial charge is 0.507 e. The summed E-state index contributed by atoms with van der Waals surface area (Å²) >= 11 is 0. The number of Topliss-reactive ketones (excluding diaryl/α,β-unsaturated/α-hetero) is 1. The SMILES string of the molecule is O=C1CC(c2ccc(O)c(O)c2)Oc2cc(O[C@@H]3OC(CO)[C@H](O)[C@H](O)C3O)cc(O)c21. The van der Waals surface area contributed by atoms with Crippen LogP contribution in [0.3, 0.4) is 0 Å². The molecule has 32 heavy (non-hydrogen) atoms. The van der Waals surface area contributed by atoms with E-state index in [4.69, 9.17) is 14.2 Å². The van der Waals surface area contributed by atoms with Crippen LogP contribution < -0.4 is 9.47 Å². The van der Waals surface area contributed by atoms with Crippen molar-refractivity contribution in [2.75, 3.05) is 6.61 Å². The van der Waals surface area contributed by atoms with Gasteiger partial charge in [0.1, 0.15) is 53.3 Å². The number of aromatic hydroxyl groups is 3. The van der Waals surface area contributed by atoms with Crippen molar-refractivity contribution >= 4 is 5.78 Å². The lowest BCUT2D eigenvalue weighted by Gasteiger charge is -2.39. The van der Waals surface area contributed by atoms with E-state index in [1.807, 2.05) is 0 Å². The molecule has 2 aromatic rings. The van der Waals surface area contributed by atoms with Crippen molar-refractivity contribution in [3.8, 4) is 28.7 Å². The summed E-state index contributed by atoms with van der Waals surface area (Å²) in [4.78, 5) is 12.6. The van der Waals surface area contributed by atoms with E-state index in [0.717, 1.165) is 6.07 Å². The molecule has 6 atom stereocenters. The summed E-state index contributed by atoms with van der Waals surface area (Å²) in [6, 6.07) is 6.37. The number of ether oxygens (including phenoxy) is 3. The van der Waals surface area contributed by atoms with E-state index in [2.05, 4.69) is 0 Å². The van der Waals surface area contributed by atoms with Gasteiger partial charge in [-0.05, 0) is 17.7 Å². The van der Waals surface area contributed by atoms with Gasteiger partial charge in [-0.15, -0.1) is 0 Å². The van der Waals surface area contributed by atoms with Crippen molar-refractivity contribution in [2.24, 2.45) is 0 Å². The highest BCUT2D eigenvalue weighted by atomic mass is 16.7. The molecule has 0 aliphatic carbocycles. The zero-order chi connectivity index (χ0) is 23.2. The lowest BCUT2D eigenvalue weighted by molar-refractivity contribution is -0.277. The fourth-order valence-electron chi connectivity index (χ4n) is 3.71. The fourth-order valence-corrected chi connectivity index (χ4v) is 3.71. The van der Waals surface area contributed by atoms with Gasteiger partial charge in [0.15, 0.2) is 17.3 Å². The molecule has 4 rings (SSSR count). The highest BCUT2D eigenvalue weighted by molar-refractivity contribution is 6.02. The van der Waals surface area contributed by atoms with Crippen molar-refractivity contribution in [1.29, 1.82) is 0 Å². The number of benzene rings is 2. The summed E-state index contributed by atoms with van der Waals surface area (Å²) in [5.41, 5.74) is 0.337. The zero-order valence-corrected chi connectivity index (χ0v) is 16.5. The molecule has 0 bridgehead atoms. The first-order valence-corrected chi connectivity index (χ1v) is 9.75. The van der Waals surface area contributed by atoms with Crippen LogP contribution in [-0.4, -0.2) is 78.8 Å². The molecule has 172 valence electrons. The van der Waals surface area contributed by atoms with Gasteiger partial charge in [-0.2, -0.15) is 0 Å². The van der Waals surface area contributed by atoms with Crippen LogP contribution in [-0.2, 0) is 4.74 Å². The third kappa shape index (κ3) is 3.92. The average Bonchev–Trinajstić information content (AvgIpc) is 2.75. The van der Waals surface area contributed by atoms with Crippen LogP contribution in [0.2, 0.25) is 0 Å². The van der Waals surface area contributed by atoms with Crippen LogP contribution in [0.4, 0.5) is 0 Å². The van der Waals surface area contributed by atoms with Crippen LogP contribution in [0.25, 0.3) is 0 Å². The van der Waals surface area contributed by atoms with E-state index >= 15 is 0 Å². The molecule has 11 nitrogen and oxygen atoms in total. The molecule has 1 fully saturated rings. The van der Waals surface area contributed by atoms with Crippen LogP contribution in [0, 0.1) is 0 Å². The Kier molecular flexibility index (Phi) is 5.84. The number of fused-ring (bicyclic) bond motifs is 1. The van der Waals surface area contributed by atoms with Gasteiger partial charge in [0.25, 0.3) is 0 Å². The summed E-state index contributed by atoms with van der Waals surface area (Å²) < 4.78 is 16.6. The molecule has 7 N–H and O–H groups in total. The molecule has 2 aliphatic rings. The number of rotatable bonds is 4. The Labute approximate surface area is 181 Å². The Morgan fingerprint density at radius 2 is 1.69 bits per heavy atom. The van der Waals surface area contributed by atoms with Gasteiger partial charge in [-0.25, -0.2) is 0 Å². The molecule has 11 heteroatoms. The first-order chi connectivity index (χ1) is 15.2. The fraction of sp³-hybridized carbons (Fsp3) is 0.381. The molecule has 0 spiro atoms. The molecule has 2 heterocycles. The second-order valence-electron chi connectivity index (χ2n) is 7.61.